The van der Waals surface area contributed by atoms with Crippen LogP contribution in [0.2, 0.25) is 0 Å². The van der Waals surface area contributed by atoms with Crippen LogP contribution in [0.15, 0.2) is 49.3 Å². The van der Waals surface area contributed by atoms with Crippen molar-refractivity contribution >= 4 is 69.5 Å². The van der Waals surface area contributed by atoms with Crippen LogP contribution in [0, 0.1) is 23.7 Å². The number of nitrogens with two attached hydrogens (primary N) is 1. The van der Waals surface area contributed by atoms with E-state index in [1.165, 1.54) is 19.8 Å². The highest BCUT2D eigenvalue weighted by Crippen LogP contribution is 2.46. The van der Waals surface area contributed by atoms with Gasteiger partial charge in [0, 0.05) is 63.4 Å². The molecule has 2 saturated carbocycles. The number of fused-ring (bicyclic) bond motifs is 2. The fraction of sp³-hybridized carbons (Fsp3) is 0.438. The molecule has 0 bridgehead atoms. The summed E-state index contributed by atoms with van der Waals surface area (Å²) in [6, 6.07) is 3.28. The second-order valence-electron chi connectivity index (χ2n) is 12.5. The Balaban J connectivity index is 0.000000149. The Morgan fingerprint density at radius 1 is 0.735 bits per heavy atom. The minimum absolute atomic E-state index is 0.305. The first-order valence-corrected chi connectivity index (χ1v) is 17.1. The number of anilines is 4. The maximum Gasteiger partial charge on any atom is 0.243 e. The van der Waals surface area contributed by atoms with E-state index in [-0.39, 0.29) is 5.91 Å². The highest BCUT2D eigenvalue weighted by atomic mass is 35.5. The molecule has 256 valence electrons. The molecule has 0 aromatic carbocycles. The SMILES string of the molecule is CC(Cl)C(=O)Cl.CC(Cl)C(=O)Nc1ccnc(-c2cnc(N3CC4CC4C3)nc2)n1.Nc1ccnc(-c2cnc(N3CC4CC4C3)nc2)n1. The molecule has 0 spiro atoms. The molecule has 4 aromatic rings. The van der Waals surface area contributed by atoms with E-state index in [1.807, 2.05) is 0 Å². The molecule has 2 aliphatic heterocycles. The van der Waals surface area contributed by atoms with E-state index < -0.39 is 16.0 Å². The molecule has 2 aliphatic carbocycles. The van der Waals surface area contributed by atoms with Crippen molar-refractivity contribution < 1.29 is 9.59 Å². The maximum absolute atomic E-state index is 11.6. The van der Waals surface area contributed by atoms with Crippen LogP contribution in [0.1, 0.15) is 26.7 Å². The van der Waals surface area contributed by atoms with E-state index >= 15 is 0 Å². The Kier molecular flexibility index (Phi) is 10.7. The Bertz CT molecular complexity index is 1760. The van der Waals surface area contributed by atoms with Gasteiger partial charge in [-0.3, -0.25) is 9.59 Å². The van der Waals surface area contributed by atoms with E-state index in [0.717, 1.165) is 67.3 Å². The first kappa shape index (κ1) is 34.6. The topological polar surface area (TPSA) is 182 Å². The highest BCUT2D eigenvalue weighted by Gasteiger charge is 2.46. The summed E-state index contributed by atoms with van der Waals surface area (Å²) in [6.45, 7) is 7.43. The van der Waals surface area contributed by atoms with Gasteiger partial charge in [-0.1, -0.05) is 0 Å². The number of hydrogen-bond acceptors (Lipinski definition) is 13. The van der Waals surface area contributed by atoms with Crippen molar-refractivity contribution in [2.24, 2.45) is 23.7 Å². The largest absolute Gasteiger partial charge is 0.384 e. The number of aromatic nitrogens is 8. The van der Waals surface area contributed by atoms with Gasteiger partial charge in [-0.15, -0.1) is 23.2 Å². The van der Waals surface area contributed by atoms with Gasteiger partial charge in [-0.05, 0) is 74.1 Å². The smallest absolute Gasteiger partial charge is 0.243 e. The lowest BCUT2D eigenvalue weighted by Crippen LogP contribution is -2.23. The number of hydrogen-bond donors (Lipinski definition) is 2. The van der Waals surface area contributed by atoms with Gasteiger partial charge >= 0.3 is 0 Å². The third-order valence-electron chi connectivity index (χ3n) is 8.57. The average Bonchev–Trinajstić information content (AvgIpc) is 3.94. The summed E-state index contributed by atoms with van der Waals surface area (Å²) in [5, 5.41) is 0.967. The van der Waals surface area contributed by atoms with Crippen molar-refractivity contribution in [2.75, 3.05) is 47.0 Å². The van der Waals surface area contributed by atoms with Crippen LogP contribution in [0.4, 0.5) is 23.5 Å². The monoisotopic (exact) mass is 724 g/mol. The molecule has 4 aliphatic rings. The predicted molar refractivity (Wildman–Crippen MR) is 188 cm³/mol. The Hall–Kier alpha value is -4.27. The number of nitrogens with one attached hydrogen (secondary N) is 1. The third-order valence-corrected chi connectivity index (χ3v) is 9.41. The molecule has 0 radical (unpaired) electrons. The molecule has 3 N–H and O–H groups in total. The van der Waals surface area contributed by atoms with Gasteiger partial charge < -0.3 is 20.9 Å². The number of amides is 1. The Morgan fingerprint density at radius 3 is 1.57 bits per heavy atom. The van der Waals surface area contributed by atoms with Gasteiger partial charge in [0.25, 0.3) is 0 Å². The molecule has 4 aromatic heterocycles. The van der Waals surface area contributed by atoms with Gasteiger partial charge in [0.05, 0.1) is 11.1 Å². The summed E-state index contributed by atoms with van der Waals surface area (Å²) in [6.07, 6.45) is 12.9. The molecule has 8 rings (SSSR count). The third kappa shape index (κ3) is 9.05. The standard InChI is InChI=1S/C16H17ClN6O.C13H14N6.C3H4Cl2O/c1-9(17)15(24)22-13-2-3-18-14(21-13)12-5-19-16(20-6-12)23-7-10-4-11(10)8-23;14-11-1-2-15-12(18-11)10-4-16-13(17-5-10)19-6-8-3-9(8)7-19;1-2(4)3(5)6/h2-3,5-6,9-11H,4,7-8H2,1H3,(H,18,21,22,24);1-2,4-5,8-9H,3,6-7H2,(H2,14,15,18);2H,1H3. The average molecular weight is 726 g/mol. The van der Waals surface area contributed by atoms with Crippen LogP contribution in [-0.4, -0.2) is 88.0 Å². The van der Waals surface area contributed by atoms with Gasteiger partial charge in [0.15, 0.2) is 11.6 Å². The van der Waals surface area contributed by atoms with Crippen molar-refractivity contribution in [3.05, 3.63) is 49.3 Å². The van der Waals surface area contributed by atoms with Crippen LogP contribution >= 0.6 is 34.8 Å². The number of halogens is 3. The van der Waals surface area contributed by atoms with Crippen molar-refractivity contribution in [2.45, 2.75) is 37.4 Å². The van der Waals surface area contributed by atoms with Gasteiger partial charge in [-0.25, -0.2) is 39.9 Å². The summed E-state index contributed by atoms with van der Waals surface area (Å²) >= 11 is 15.7. The summed E-state index contributed by atoms with van der Waals surface area (Å²) in [4.78, 5) is 60.5. The first-order valence-electron chi connectivity index (χ1n) is 15.9. The molecule has 6 unspecified atom stereocenters. The zero-order chi connectivity index (χ0) is 34.7. The molecule has 4 fully saturated rings. The number of rotatable bonds is 7. The highest BCUT2D eigenvalue weighted by molar-refractivity contribution is 6.69. The van der Waals surface area contributed by atoms with Crippen molar-refractivity contribution in [1.29, 1.82) is 0 Å². The molecule has 1 amide bonds. The van der Waals surface area contributed by atoms with E-state index in [0.29, 0.717) is 28.8 Å². The van der Waals surface area contributed by atoms with Crippen LogP contribution < -0.4 is 20.9 Å². The lowest BCUT2D eigenvalue weighted by atomic mass is 10.3. The number of carbonyl (C=O) groups excluding carboxylic acids is 2. The second-order valence-corrected chi connectivity index (χ2v) is 14.1. The van der Waals surface area contributed by atoms with E-state index in [4.69, 9.17) is 40.5 Å². The van der Waals surface area contributed by atoms with Crippen LogP contribution in [0.3, 0.4) is 0 Å². The first-order chi connectivity index (χ1) is 23.5. The fourth-order valence-electron chi connectivity index (χ4n) is 5.63. The summed E-state index contributed by atoms with van der Waals surface area (Å²) in [5.41, 5.74) is 7.14. The quantitative estimate of drug-likeness (QED) is 0.203. The minimum atomic E-state index is -0.627. The molecule has 2 saturated heterocycles. The Labute approximate surface area is 298 Å². The van der Waals surface area contributed by atoms with E-state index in [9.17, 15) is 9.59 Å². The zero-order valence-corrected chi connectivity index (χ0v) is 29.1. The Morgan fingerprint density at radius 2 is 1.16 bits per heavy atom. The second kappa shape index (κ2) is 15.1. The predicted octanol–water partition coefficient (Wildman–Crippen LogP) is 4.31. The summed E-state index contributed by atoms with van der Waals surface area (Å²) in [7, 11) is 0. The van der Waals surface area contributed by atoms with Crippen molar-refractivity contribution in [3.63, 3.8) is 0 Å². The lowest BCUT2D eigenvalue weighted by Gasteiger charge is -2.17. The maximum atomic E-state index is 11.6. The number of nitrogens with zero attached hydrogens (tertiary/aromatic N) is 10. The number of nitrogen functional groups attached to an aromatic ring is 1. The lowest BCUT2D eigenvalue weighted by molar-refractivity contribution is -0.115. The number of alkyl halides is 2. The fourth-order valence-corrected chi connectivity index (χ4v) is 5.68. The van der Waals surface area contributed by atoms with Crippen LogP contribution in [0.5, 0.6) is 0 Å². The van der Waals surface area contributed by atoms with Crippen molar-refractivity contribution in [1.82, 2.24) is 39.9 Å². The summed E-state index contributed by atoms with van der Waals surface area (Å²) < 4.78 is 0. The van der Waals surface area contributed by atoms with E-state index in [2.05, 4.69) is 55.0 Å². The van der Waals surface area contributed by atoms with Gasteiger partial charge in [0.2, 0.25) is 23.0 Å². The van der Waals surface area contributed by atoms with Crippen LogP contribution in [0.25, 0.3) is 22.8 Å². The normalized spacial score (nSPS) is 22.3. The van der Waals surface area contributed by atoms with E-state index in [1.54, 1.807) is 56.2 Å². The molecule has 6 heterocycles. The van der Waals surface area contributed by atoms with Gasteiger partial charge in [-0.2, -0.15) is 0 Å². The molecule has 17 heteroatoms. The molecular formula is C32H35Cl3N12O2. The molecule has 14 nitrogen and oxygen atoms in total. The number of piperidine rings is 2. The molecule has 6 atom stereocenters. The molecule has 49 heavy (non-hydrogen) atoms. The summed E-state index contributed by atoms with van der Waals surface area (Å²) in [5.74, 6) is 6.56. The van der Waals surface area contributed by atoms with Crippen molar-refractivity contribution in [3.8, 4) is 22.8 Å². The number of carbonyl (C=O) groups is 2. The molecular weight excluding hydrogens is 691 g/mol. The van der Waals surface area contributed by atoms with Gasteiger partial charge in [0.1, 0.15) is 22.4 Å². The zero-order valence-electron chi connectivity index (χ0n) is 26.8. The minimum Gasteiger partial charge on any atom is -0.384 e. The van der Waals surface area contributed by atoms with Crippen LogP contribution in [-0.2, 0) is 9.59 Å².